The van der Waals surface area contributed by atoms with E-state index in [9.17, 15) is 4.79 Å². The summed E-state index contributed by atoms with van der Waals surface area (Å²) in [5.74, 6) is 2.17. The molecule has 0 saturated carbocycles. The third-order valence-corrected chi connectivity index (χ3v) is 5.13. The zero-order chi connectivity index (χ0) is 15.7. The molecule has 1 aliphatic rings. The Morgan fingerprint density at radius 3 is 2.86 bits per heavy atom. The molecule has 1 amide bonds. The first-order valence-corrected chi connectivity index (χ1v) is 9.02. The number of nitrogens with one attached hydrogen (secondary N) is 2. The van der Waals surface area contributed by atoms with Crippen LogP contribution in [0.15, 0.2) is 4.99 Å². The van der Waals surface area contributed by atoms with Gasteiger partial charge in [0.2, 0.25) is 5.91 Å². The molecule has 122 valence electrons. The second kappa shape index (κ2) is 9.92. The van der Waals surface area contributed by atoms with Gasteiger partial charge in [0, 0.05) is 50.1 Å². The zero-order valence-electron chi connectivity index (χ0n) is 13.8. The number of hydrogen-bond donors (Lipinski definition) is 2. The van der Waals surface area contributed by atoms with Crippen LogP contribution >= 0.6 is 11.8 Å². The van der Waals surface area contributed by atoms with Crippen molar-refractivity contribution in [1.29, 1.82) is 0 Å². The normalized spacial score (nSPS) is 21.0. The summed E-state index contributed by atoms with van der Waals surface area (Å²) in [6.07, 6.45) is 2.64. The van der Waals surface area contributed by atoms with Crippen molar-refractivity contribution >= 4 is 23.6 Å². The van der Waals surface area contributed by atoms with Crippen molar-refractivity contribution in [2.45, 2.75) is 51.3 Å². The van der Waals surface area contributed by atoms with Gasteiger partial charge in [0.05, 0.1) is 0 Å². The first kappa shape index (κ1) is 18.1. The van der Waals surface area contributed by atoms with E-state index in [1.54, 1.807) is 0 Å². The number of carbonyl (C=O) groups excluding carboxylic acids is 1. The molecule has 0 aromatic rings. The predicted octanol–water partition coefficient (Wildman–Crippen LogP) is 1.69. The van der Waals surface area contributed by atoms with E-state index in [4.69, 9.17) is 0 Å². The molecule has 1 aliphatic heterocycles. The van der Waals surface area contributed by atoms with Crippen LogP contribution in [-0.4, -0.2) is 60.5 Å². The number of amides is 1. The van der Waals surface area contributed by atoms with Gasteiger partial charge in [0.25, 0.3) is 0 Å². The Morgan fingerprint density at radius 1 is 1.48 bits per heavy atom. The number of guanidine groups is 1. The van der Waals surface area contributed by atoms with E-state index in [1.807, 2.05) is 25.7 Å². The lowest BCUT2D eigenvalue weighted by atomic mass is 10.2. The third-order valence-electron chi connectivity index (χ3n) is 3.76. The Labute approximate surface area is 133 Å². The van der Waals surface area contributed by atoms with Crippen molar-refractivity contribution in [1.82, 2.24) is 15.5 Å². The minimum Gasteiger partial charge on any atom is -0.356 e. The molecule has 5 nitrogen and oxygen atoms in total. The van der Waals surface area contributed by atoms with E-state index in [0.717, 1.165) is 31.2 Å². The summed E-state index contributed by atoms with van der Waals surface area (Å²) in [4.78, 5) is 18.4. The predicted molar refractivity (Wildman–Crippen MR) is 92.0 cm³/mol. The van der Waals surface area contributed by atoms with Crippen molar-refractivity contribution in [2.75, 3.05) is 32.4 Å². The van der Waals surface area contributed by atoms with Gasteiger partial charge < -0.3 is 15.5 Å². The van der Waals surface area contributed by atoms with Crippen LogP contribution in [0.2, 0.25) is 0 Å². The van der Waals surface area contributed by atoms with E-state index in [2.05, 4.69) is 34.4 Å². The van der Waals surface area contributed by atoms with Gasteiger partial charge in [-0.05, 0) is 19.8 Å². The maximum absolute atomic E-state index is 11.7. The quantitative estimate of drug-likeness (QED) is 0.579. The van der Waals surface area contributed by atoms with E-state index >= 15 is 0 Å². The SMILES string of the molecule is CCC(C)NC(=O)CCNC(=NC)N1CCSC(CC)C1. The molecule has 0 aliphatic carbocycles. The molecule has 1 rings (SSSR count). The smallest absolute Gasteiger partial charge is 0.221 e. The summed E-state index contributed by atoms with van der Waals surface area (Å²) in [7, 11) is 1.81. The van der Waals surface area contributed by atoms with Crippen molar-refractivity contribution < 1.29 is 4.79 Å². The summed E-state index contributed by atoms with van der Waals surface area (Å²) in [5, 5.41) is 6.98. The summed E-state index contributed by atoms with van der Waals surface area (Å²) in [5.41, 5.74) is 0. The molecular formula is C15H30N4OS. The van der Waals surface area contributed by atoms with Crippen molar-refractivity contribution in [3.05, 3.63) is 0 Å². The molecule has 0 spiro atoms. The minimum absolute atomic E-state index is 0.105. The lowest BCUT2D eigenvalue weighted by Crippen LogP contribution is -2.48. The summed E-state index contributed by atoms with van der Waals surface area (Å²) in [6, 6.07) is 0.251. The van der Waals surface area contributed by atoms with Gasteiger partial charge in [-0.2, -0.15) is 11.8 Å². The van der Waals surface area contributed by atoms with Crippen molar-refractivity contribution in [3.8, 4) is 0 Å². The van der Waals surface area contributed by atoms with Crippen LogP contribution in [0.4, 0.5) is 0 Å². The van der Waals surface area contributed by atoms with Gasteiger partial charge in [0.15, 0.2) is 5.96 Å². The summed E-state index contributed by atoms with van der Waals surface area (Å²) >= 11 is 2.04. The van der Waals surface area contributed by atoms with E-state index < -0.39 is 0 Å². The Bertz CT molecular complexity index is 349. The molecule has 21 heavy (non-hydrogen) atoms. The molecule has 1 heterocycles. The van der Waals surface area contributed by atoms with E-state index in [-0.39, 0.29) is 11.9 Å². The number of hydrogen-bond acceptors (Lipinski definition) is 3. The first-order valence-electron chi connectivity index (χ1n) is 7.97. The van der Waals surface area contributed by atoms with Crippen LogP contribution in [0.25, 0.3) is 0 Å². The fraction of sp³-hybridized carbons (Fsp3) is 0.867. The Kier molecular flexibility index (Phi) is 8.57. The van der Waals surface area contributed by atoms with Gasteiger partial charge in [-0.25, -0.2) is 0 Å². The van der Waals surface area contributed by atoms with Gasteiger partial charge in [-0.15, -0.1) is 0 Å². The Morgan fingerprint density at radius 2 is 2.24 bits per heavy atom. The molecule has 1 fully saturated rings. The fourth-order valence-corrected chi connectivity index (χ4v) is 3.41. The van der Waals surface area contributed by atoms with Gasteiger partial charge in [-0.3, -0.25) is 9.79 Å². The molecule has 6 heteroatoms. The summed E-state index contributed by atoms with van der Waals surface area (Å²) < 4.78 is 0. The highest BCUT2D eigenvalue weighted by molar-refractivity contribution is 8.00. The number of thioether (sulfide) groups is 1. The molecule has 2 atom stereocenters. The highest BCUT2D eigenvalue weighted by atomic mass is 32.2. The lowest BCUT2D eigenvalue weighted by molar-refractivity contribution is -0.121. The van der Waals surface area contributed by atoms with Crippen molar-refractivity contribution in [2.24, 2.45) is 4.99 Å². The van der Waals surface area contributed by atoms with Gasteiger partial charge in [-0.1, -0.05) is 13.8 Å². The second-order valence-corrected chi connectivity index (χ2v) is 6.86. The van der Waals surface area contributed by atoms with Crippen LogP contribution in [0, 0.1) is 0 Å². The maximum atomic E-state index is 11.7. The fourth-order valence-electron chi connectivity index (χ4n) is 2.23. The largest absolute Gasteiger partial charge is 0.356 e. The highest BCUT2D eigenvalue weighted by Gasteiger charge is 2.21. The standard InChI is InChI=1S/C15H30N4OS/c1-5-12(3)18-14(20)7-8-17-15(16-4)19-9-10-21-13(6-2)11-19/h12-13H,5-11H2,1-4H3,(H,16,17)(H,18,20). The molecule has 2 unspecified atom stereocenters. The Hall–Kier alpha value is -0.910. The second-order valence-electron chi connectivity index (χ2n) is 5.45. The number of rotatable bonds is 6. The van der Waals surface area contributed by atoms with Gasteiger partial charge in [0.1, 0.15) is 0 Å². The average molecular weight is 314 g/mol. The van der Waals surface area contributed by atoms with Crippen LogP contribution in [-0.2, 0) is 4.79 Å². The molecule has 2 N–H and O–H groups in total. The summed E-state index contributed by atoms with van der Waals surface area (Å²) in [6.45, 7) is 9.04. The number of aliphatic imine (C=N–C) groups is 1. The monoisotopic (exact) mass is 314 g/mol. The third kappa shape index (κ3) is 6.59. The van der Waals surface area contributed by atoms with E-state index in [0.29, 0.717) is 18.2 Å². The number of carbonyl (C=O) groups is 1. The minimum atomic E-state index is 0.105. The lowest BCUT2D eigenvalue weighted by Gasteiger charge is -2.34. The van der Waals surface area contributed by atoms with Crippen LogP contribution in [0.1, 0.15) is 40.0 Å². The molecule has 0 aromatic carbocycles. The molecule has 0 radical (unpaired) electrons. The van der Waals surface area contributed by atoms with Crippen LogP contribution in [0.3, 0.4) is 0 Å². The van der Waals surface area contributed by atoms with Crippen LogP contribution < -0.4 is 10.6 Å². The molecular weight excluding hydrogens is 284 g/mol. The molecule has 1 saturated heterocycles. The number of nitrogens with zero attached hydrogens (tertiary/aromatic N) is 2. The van der Waals surface area contributed by atoms with Gasteiger partial charge >= 0.3 is 0 Å². The van der Waals surface area contributed by atoms with Crippen molar-refractivity contribution in [3.63, 3.8) is 0 Å². The molecule has 0 aromatic heterocycles. The molecule has 0 bridgehead atoms. The maximum Gasteiger partial charge on any atom is 0.221 e. The average Bonchev–Trinajstić information content (AvgIpc) is 2.51. The van der Waals surface area contributed by atoms with E-state index in [1.165, 1.54) is 6.42 Å². The topological polar surface area (TPSA) is 56.7 Å². The first-order chi connectivity index (χ1) is 10.1. The van der Waals surface area contributed by atoms with Crippen LogP contribution in [0.5, 0.6) is 0 Å². The Balaban J connectivity index is 2.33. The zero-order valence-corrected chi connectivity index (χ0v) is 14.6. The highest BCUT2D eigenvalue weighted by Crippen LogP contribution is 2.20.